The summed E-state index contributed by atoms with van der Waals surface area (Å²) in [6.45, 7) is 5.66. The third-order valence-electron chi connectivity index (χ3n) is 7.15. The monoisotopic (exact) mass is 598 g/mol. The third-order valence-corrected chi connectivity index (χ3v) is 7.15. The van der Waals surface area contributed by atoms with Gasteiger partial charge in [-0.15, -0.1) is 0 Å². The first-order valence-electron chi connectivity index (χ1n) is 14.3. The Balaban J connectivity index is 1.56. The molecule has 43 heavy (non-hydrogen) atoms. The maximum atomic E-state index is 14.2. The molecule has 2 aromatic carbocycles. The van der Waals surface area contributed by atoms with Crippen LogP contribution in [0, 0.1) is 5.82 Å². The Bertz CT molecular complexity index is 1320. The summed E-state index contributed by atoms with van der Waals surface area (Å²) in [4.78, 5) is 55.4. The molecule has 0 spiro atoms. The van der Waals surface area contributed by atoms with E-state index in [1.54, 1.807) is 27.8 Å². The molecule has 0 unspecified atom stereocenters. The van der Waals surface area contributed by atoms with Crippen LogP contribution >= 0.6 is 0 Å². The third kappa shape index (κ3) is 8.82. The topological polar surface area (TPSA) is 127 Å². The Morgan fingerprint density at radius 1 is 1.14 bits per heavy atom. The lowest BCUT2D eigenvalue weighted by atomic mass is 10.1. The highest BCUT2D eigenvalue weighted by Crippen LogP contribution is 2.26. The molecular weight excluding hydrogens is 559 g/mol. The summed E-state index contributed by atoms with van der Waals surface area (Å²) in [6, 6.07) is 10.9. The molecule has 1 fully saturated rings. The number of hydrogen-bond donors (Lipinski definition) is 2. The van der Waals surface area contributed by atoms with Crippen molar-refractivity contribution in [1.29, 1.82) is 0 Å². The van der Waals surface area contributed by atoms with Gasteiger partial charge in [0.05, 0.1) is 11.6 Å². The number of nitrogens with one attached hydrogen (secondary N) is 2. The van der Waals surface area contributed by atoms with E-state index >= 15 is 0 Å². The molecule has 4 rings (SSSR count). The number of likely N-dealkylation sites (tertiary alicyclic amines) is 1. The number of benzene rings is 2. The fourth-order valence-electron chi connectivity index (χ4n) is 5.02. The fraction of sp³-hybridized carbons (Fsp3) is 0.484. The van der Waals surface area contributed by atoms with Crippen molar-refractivity contribution >= 4 is 24.0 Å². The average Bonchev–Trinajstić information content (AvgIpc) is 3.36. The van der Waals surface area contributed by atoms with Crippen molar-refractivity contribution in [1.82, 2.24) is 20.4 Å². The van der Waals surface area contributed by atoms with E-state index in [0.717, 1.165) is 11.6 Å². The smallest absolute Gasteiger partial charge is 0.410 e. The van der Waals surface area contributed by atoms with Crippen molar-refractivity contribution in [2.75, 3.05) is 26.7 Å². The highest BCUT2D eigenvalue weighted by atomic mass is 19.1. The average molecular weight is 599 g/mol. The van der Waals surface area contributed by atoms with Gasteiger partial charge >= 0.3 is 12.2 Å². The van der Waals surface area contributed by atoms with E-state index in [2.05, 4.69) is 10.6 Å². The Labute approximate surface area is 250 Å². The number of ether oxygens (including phenoxy) is 3. The lowest BCUT2D eigenvalue weighted by Crippen LogP contribution is -2.50. The second kappa shape index (κ2) is 13.7. The van der Waals surface area contributed by atoms with Gasteiger partial charge in [0.15, 0.2) is 0 Å². The zero-order valence-corrected chi connectivity index (χ0v) is 24.9. The summed E-state index contributed by atoms with van der Waals surface area (Å²) < 4.78 is 31.1. The Kier molecular flexibility index (Phi) is 10.1. The number of amides is 4. The van der Waals surface area contributed by atoms with Gasteiger partial charge in [-0.3, -0.25) is 14.5 Å². The maximum Gasteiger partial charge on any atom is 0.410 e. The number of hydrogen-bond acceptors (Lipinski definition) is 7. The molecule has 1 saturated heterocycles. The number of nitrogens with zero attached hydrogens (tertiary/aromatic N) is 2. The molecule has 232 valence electrons. The Morgan fingerprint density at radius 2 is 1.88 bits per heavy atom. The largest absolute Gasteiger partial charge is 0.491 e. The summed E-state index contributed by atoms with van der Waals surface area (Å²) in [6.07, 6.45) is -0.456. The van der Waals surface area contributed by atoms with Crippen molar-refractivity contribution in [3.8, 4) is 5.75 Å². The Morgan fingerprint density at radius 3 is 2.60 bits per heavy atom. The van der Waals surface area contributed by atoms with Crippen LogP contribution in [0.5, 0.6) is 5.75 Å². The van der Waals surface area contributed by atoms with Crippen LogP contribution < -0.4 is 15.4 Å². The van der Waals surface area contributed by atoms with Gasteiger partial charge in [0, 0.05) is 26.2 Å². The van der Waals surface area contributed by atoms with Crippen LogP contribution in [-0.2, 0) is 20.9 Å². The van der Waals surface area contributed by atoms with Crippen LogP contribution in [0.15, 0.2) is 48.5 Å². The van der Waals surface area contributed by atoms with Crippen molar-refractivity contribution in [2.24, 2.45) is 0 Å². The molecule has 2 aromatic rings. The Hall–Kier alpha value is -4.35. The minimum atomic E-state index is -0.966. The summed E-state index contributed by atoms with van der Waals surface area (Å²) >= 11 is 0. The number of alkyl carbamates (subject to hydrolysis) is 1. The molecule has 2 aliphatic rings. The first kappa shape index (κ1) is 31.6. The van der Waals surface area contributed by atoms with Gasteiger partial charge in [0.25, 0.3) is 5.91 Å². The molecule has 0 aromatic heterocycles. The summed E-state index contributed by atoms with van der Waals surface area (Å²) in [5, 5.41) is 5.60. The minimum absolute atomic E-state index is 0.0191. The van der Waals surface area contributed by atoms with Crippen LogP contribution in [0.3, 0.4) is 0 Å². The predicted molar refractivity (Wildman–Crippen MR) is 155 cm³/mol. The number of fused-ring (bicyclic) bond motifs is 3. The van der Waals surface area contributed by atoms with Gasteiger partial charge in [0.2, 0.25) is 5.91 Å². The molecule has 11 nitrogen and oxygen atoms in total. The van der Waals surface area contributed by atoms with Crippen LogP contribution in [0.2, 0.25) is 0 Å². The van der Waals surface area contributed by atoms with Gasteiger partial charge in [-0.1, -0.05) is 30.3 Å². The van der Waals surface area contributed by atoms with Crippen LogP contribution in [-0.4, -0.2) is 84.3 Å². The second-order valence-corrected chi connectivity index (χ2v) is 11.8. The lowest BCUT2D eigenvalue weighted by molar-refractivity contribution is -0.123. The SMILES string of the molecule is CN1CCC[C@H](NC(=O)OCc2ccccc2)C(=O)N[C@@H]2C[C@@H](COc3ccc(F)cc3C1=O)N(C(=O)OC(C)(C)C)C2. The molecule has 2 N–H and O–H groups in total. The van der Waals surface area contributed by atoms with Gasteiger partial charge < -0.3 is 29.7 Å². The van der Waals surface area contributed by atoms with E-state index < -0.39 is 53.5 Å². The number of halogens is 1. The number of carbonyl (C=O) groups excluding carboxylic acids is 4. The second-order valence-electron chi connectivity index (χ2n) is 11.8. The summed E-state index contributed by atoms with van der Waals surface area (Å²) in [5.74, 6) is -1.31. The lowest BCUT2D eigenvalue weighted by Gasteiger charge is -2.29. The van der Waals surface area contributed by atoms with Gasteiger partial charge in [-0.05, 0) is 63.8 Å². The first-order valence-corrected chi connectivity index (χ1v) is 14.3. The van der Waals surface area contributed by atoms with E-state index in [1.807, 2.05) is 30.3 Å². The standard InChI is InChI=1S/C31H39FN4O7/c1-31(2,3)43-30(40)36-17-22-16-23(36)19-41-26-13-12-21(32)15-24(26)28(38)35(4)14-8-11-25(27(37)33-22)34-29(39)42-18-20-9-6-5-7-10-20/h5-7,9-10,12-13,15,22-23,25H,8,11,14,16-19H2,1-4H3,(H,33,37)(H,34,39)/t22-,23+,25+/m1/s1. The summed E-state index contributed by atoms with van der Waals surface area (Å²) in [7, 11) is 1.57. The molecule has 2 bridgehead atoms. The molecule has 12 heteroatoms. The molecular formula is C31H39FN4O7. The number of rotatable bonds is 3. The minimum Gasteiger partial charge on any atom is -0.491 e. The van der Waals surface area contributed by atoms with E-state index in [9.17, 15) is 23.6 Å². The highest BCUT2D eigenvalue weighted by Gasteiger charge is 2.40. The van der Waals surface area contributed by atoms with E-state index in [1.165, 1.54) is 21.9 Å². The van der Waals surface area contributed by atoms with Crippen molar-refractivity contribution in [2.45, 2.75) is 70.4 Å². The van der Waals surface area contributed by atoms with Crippen molar-refractivity contribution < 1.29 is 37.8 Å². The highest BCUT2D eigenvalue weighted by molar-refractivity contribution is 5.96. The van der Waals surface area contributed by atoms with Gasteiger partial charge in [-0.2, -0.15) is 0 Å². The molecule has 2 heterocycles. The molecule has 0 saturated carbocycles. The van der Waals surface area contributed by atoms with E-state index in [-0.39, 0.29) is 44.0 Å². The molecule has 0 radical (unpaired) electrons. The zero-order chi connectivity index (χ0) is 31.1. The van der Waals surface area contributed by atoms with E-state index in [0.29, 0.717) is 12.8 Å². The van der Waals surface area contributed by atoms with Crippen LogP contribution in [0.25, 0.3) is 0 Å². The molecule has 0 aliphatic carbocycles. The quantitative estimate of drug-likeness (QED) is 0.550. The van der Waals surface area contributed by atoms with Crippen LogP contribution in [0.4, 0.5) is 14.0 Å². The maximum absolute atomic E-state index is 14.2. The molecule has 2 aliphatic heterocycles. The van der Waals surface area contributed by atoms with Gasteiger partial charge in [-0.25, -0.2) is 14.0 Å². The van der Waals surface area contributed by atoms with Crippen molar-refractivity contribution in [3.63, 3.8) is 0 Å². The fourth-order valence-corrected chi connectivity index (χ4v) is 5.02. The first-order chi connectivity index (χ1) is 20.4. The normalized spacial score (nSPS) is 21.5. The van der Waals surface area contributed by atoms with E-state index in [4.69, 9.17) is 14.2 Å². The molecule has 3 atom stereocenters. The molecule has 4 amide bonds. The van der Waals surface area contributed by atoms with Crippen molar-refractivity contribution in [3.05, 3.63) is 65.5 Å². The summed E-state index contributed by atoms with van der Waals surface area (Å²) in [5.41, 5.74) is 0.0865. The predicted octanol–water partition coefficient (Wildman–Crippen LogP) is 3.86. The van der Waals surface area contributed by atoms with Gasteiger partial charge in [0.1, 0.15) is 36.4 Å². The number of carbonyl (C=O) groups is 4. The van der Waals surface area contributed by atoms with Crippen LogP contribution in [0.1, 0.15) is 56.0 Å². The zero-order valence-electron chi connectivity index (χ0n) is 24.9.